The van der Waals surface area contributed by atoms with Crippen LogP contribution in [0.15, 0.2) is 85.1 Å². The highest BCUT2D eigenvalue weighted by molar-refractivity contribution is 7.45. The van der Waals surface area contributed by atoms with Crippen LogP contribution in [0.5, 0.6) is 0 Å². The molecule has 0 radical (unpaired) electrons. The maximum Gasteiger partial charge on any atom is 0.306 e. The summed E-state index contributed by atoms with van der Waals surface area (Å²) in [5.41, 5.74) is 0. The molecule has 0 aromatic rings. The number of hydrogen-bond donors (Lipinski definition) is 1. The van der Waals surface area contributed by atoms with Crippen molar-refractivity contribution >= 4 is 19.8 Å². The van der Waals surface area contributed by atoms with Gasteiger partial charge >= 0.3 is 11.9 Å². The molecular formula is C46H78NO9P. The van der Waals surface area contributed by atoms with E-state index < -0.39 is 38.6 Å². The Hall–Kier alpha value is -2.85. The first-order valence-corrected chi connectivity index (χ1v) is 22.9. The lowest BCUT2D eigenvalue weighted by Gasteiger charge is -2.28. The van der Waals surface area contributed by atoms with Gasteiger partial charge < -0.3 is 33.0 Å². The Morgan fingerprint density at radius 3 is 1.91 bits per heavy atom. The van der Waals surface area contributed by atoms with Crippen LogP contribution in [0.2, 0.25) is 0 Å². The summed E-state index contributed by atoms with van der Waals surface area (Å²) in [7, 11) is 1.07. The number of nitrogens with zero attached hydrogens (tertiary/aromatic N) is 1. The minimum Gasteiger partial charge on any atom is -0.756 e. The zero-order chi connectivity index (χ0) is 42.3. The molecule has 0 aromatic carbocycles. The van der Waals surface area contributed by atoms with Crippen molar-refractivity contribution in [1.29, 1.82) is 0 Å². The van der Waals surface area contributed by atoms with Crippen molar-refractivity contribution in [2.24, 2.45) is 0 Å². The SMILES string of the molecule is CC/C=C\C/C=C\CC(O)/C=C/C=C\C/C=C\CCCC(=O)OC[C@H](COP(=O)([O-])OCC[N+](C)(C)C)OC(=O)CCCCCCC/C=C\C/C=C\CCCCC. The van der Waals surface area contributed by atoms with E-state index >= 15 is 0 Å². The van der Waals surface area contributed by atoms with Gasteiger partial charge in [-0.25, -0.2) is 0 Å². The molecule has 0 saturated heterocycles. The third-order valence-corrected chi connectivity index (χ3v) is 9.44. The lowest BCUT2D eigenvalue weighted by molar-refractivity contribution is -0.870. The lowest BCUT2D eigenvalue weighted by Crippen LogP contribution is -2.37. The standard InChI is InChI=1S/C46H78NO9P/c1-6-8-10-12-14-15-16-17-18-19-20-21-26-30-34-38-46(50)56-44(42-55-57(51,52)54-40-39-47(3,4)5)41-53-45(49)37-33-29-25-23-22-24-28-32-36-43(48)35-31-27-13-11-9-7-2/h9,11,14-15,17-18,23-25,27-28,31-32,36,43-44,48H,6-8,10,12-13,16,19-22,26,29-30,33-35,37-42H2,1-5H3/b11-9-,15-14-,18-17-,25-23-,28-24-,31-27-,36-32+/t43?,44-/m1/s1. The summed E-state index contributed by atoms with van der Waals surface area (Å²) in [6.07, 6.45) is 43.6. The third kappa shape index (κ3) is 41.1. The van der Waals surface area contributed by atoms with Crippen LogP contribution in [0.3, 0.4) is 0 Å². The largest absolute Gasteiger partial charge is 0.756 e. The number of phosphoric ester groups is 1. The van der Waals surface area contributed by atoms with E-state index in [-0.39, 0.29) is 26.1 Å². The zero-order valence-corrected chi connectivity index (χ0v) is 37.0. The molecule has 1 N–H and O–H groups in total. The molecule has 0 aliphatic rings. The highest BCUT2D eigenvalue weighted by Crippen LogP contribution is 2.38. The normalized spacial score (nSPS) is 15.0. The quantitative estimate of drug-likeness (QED) is 0.0162. The number of rotatable bonds is 37. The monoisotopic (exact) mass is 820 g/mol. The van der Waals surface area contributed by atoms with Crippen molar-refractivity contribution in [3.63, 3.8) is 0 Å². The summed E-state index contributed by atoms with van der Waals surface area (Å²) in [6.45, 7) is 3.88. The minimum atomic E-state index is -4.66. The van der Waals surface area contributed by atoms with E-state index in [1.165, 1.54) is 19.3 Å². The molecule has 10 nitrogen and oxygen atoms in total. The van der Waals surface area contributed by atoms with Crippen molar-refractivity contribution in [2.45, 2.75) is 148 Å². The first-order valence-electron chi connectivity index (χ1n) is 21.4. The molecule has 0 amide bonds. The van der Waals surface area contributed by atoms with Crippen molar-refractivity contribution in [3.05, 3.63) is 85.1 Å². The Morgan fingerprint density at radius 1 is 0.667 bits per heavy atom. The molecule has 57 heavy (non-hydrogen) atoms. The van der Waals surface area contributed by atoms with Gasteiger partial charge in [0.05, 0.1) is 33.9 Å². The second kappa shape index (κ2) is 37.4. The van der Waals surface area contributed by atoms with E-state index in [4.69, 9.17) is 18.5 Å². The van der Waals surface area contributed by atoms with Gasteiger partial charge in [0.15, 0.2) is 6.10 Å². The number of esters is 2. The summed E-state index contributed by atoms with van der Waals surface area (Å²) in [5.74, 6) is -0.968. The Labute approximate surface area is 346 Å². The summed E-state index contributed by atoms with van der Waals surface area (Å²) < 4.78 is 33.7. The average Bonchev–Trinajstić information content (AvgIpc) is 3.15. The molecule has 326 valence electrons. The Balaban J connectivity index is 4.58. The summed E-state index contributed by atoms with van der Waals surface area (Å²) in [5, 5.41) is 10.0. The van der Waals surface area contributed by atoms with Gasteiger partial charge in [-0.2, -0.15) is 0 Å². The second-order valence-corrected chi connectivity index (χ2v) is 16.6. The molecule has 0 fully saturated rings. The third-order valence-electron chi connectivity index (χ3n) is 8.48. The van der Waals surface area contributed by atoms with Crippen molar-refractivity contribution in [3.8, 4) is 0 Å². The van der Waals surface area contributed by atoms with E-state index in [1.807, 2.05) is 57.6 Å². The predicted molar refractivity (Wildman–Crippen MR) is 232 cm³/mol. The van der Waals surface area contributed by atoms with Crippen molar-refractivity contribution in [2.75, 3.05) is 47.5 Å². The number of likely N-dealkylation sites (N-methyl/N-ethyl adjacent to an activating group) is 1. The number of phosphoric acid groups is 1. The minimum absolute atomic E-state index is 0.0573. The number of aliphatic hydroxyl groups is 1. The van der Waals surface area contributed by atoms with Gasteiger partial charge in [-0.15, -0.1) is 0 Å². The van der Waals surface area contributed by atoms with E-state index in [9.17, 15) is 24.2 Å². The van der Waals surface area contributed by atoms with E-state index in [1.54, 1.807) is 6.08 Å². The number of allylic oxidation sites excluding steroid dienone is 12. The smallest absolute Gasteiger partial charge is 0.306 e. The van der Waals surface area contributed by atoms with E-state index in [2.05, 4.69) is 56.4 Å². The maximum absolute atomic E-state index is 12.7. The van der Waals surface area contributed by atoms with Gasteiger partial charge in [-0.05, 0) is 77.0 Å². The van der Waals surface area contributed by atoms with E-state index in [0.717, 1.165) is 64.2 Å². The number of ether oxygens (including phenoxy) is 2. The van der Waals surface area contributed by atoms with Crippen LogP contribution < -0.4 is 4.89 Å². The van der Waals surface area contributed by atoms with Gasteiger partial charge in [-0.1, -0.05) is 131 Å². The van der Waals surface area contributed by atoms with Crippen LogP contribution in [0.25, 0.3) is 0 Å². The first-order chi connectivity index (χ1) is 27.4. The molecule has 2 unspecified atom stereocenters. The van der Waals surface area contributed by atoms with E-state index in [0.29, 0.717) is 36.7 Å². The molecule has 0 heterocycles. The van der Waals surface area contributed by atoms with Gasteiger partial charge in [-0.3, -0.25) is 14.2 Å². The van der Waals surface area contributed by atoms with Crippen molar-refractivity contribution in [1.82, 2.24) is 0 Å². The first kappa shape index (κ1) is 54.2. The number of hydrogen-bond acceptors (Lipinski definition) is 9. The molecule has 0 bridgehead atoms. The number of quaternary nitrogens is 1. The number of carbonyl (C=O) groups excluding carboxylic acids is 2. The topological polar surface area (TPSA) is 131 Å². The Bertz CT molecular complexity index is 1260. The van der Waals surface area contributed by atoms with Crippen LogP contribution in [0, 0.1) is 0 Å². The number of aliphatic hydroxyl groups excluding tert-OH is 1. The molecule has 11 heteroatoms. The molecule has 0 rings (SSSR count). The molecule has 0 aliphatic heterocycles. The highest BCUT2D eigenvalue weighted by Gasteiger charge is 2.21. The average molecular weight is 820 g/mol. The molecule has 3 atom stereocenters. The van der Waals surface area contributed by atoms with Crippen LogP contribution in [0.4, 0.5) is 0 Å². The Kier molecular flexibility index (Phi) is 35.6. The maximum atomic E-state index is 12.7. The molecule has 0 aromatic heterocycles. The van der Waals surface area contributed by atoms with Crippen molar-refractivity contribution < 1.29 is 47.2 Å². The number of unbranched alkanes of at least 4 members (excludes halogenated alkanes) is 9. The van der Waals surface area contributed by atoms with Crippen LogP contribution in [-0.2, 0) is 32.7 Å². The molecule has 0 saturated carbocycles. The summed E-state index contributed by atoms with van der Waals surface area (Å²) in [6, 6.07) is 0. The lowest BCUT2D eigenvalue weighted by atomic mass is 10.1. The second-order valence-electron chi connectivity index (χ2n) is 15.2. The predicted octanol–water partition coefficient (Wildman–Crippen LogP) is 10.4. The fourth-order valence-electron chi connectivity index (χ4n) is 5.10. The number of carbonyl (C=O) groups is 2. The highest BCUT2D eigenvalue weighted by atomic mass is 31.2. The summed E-state index contributed by atoms with van der Waals surface area (Å²) >= 11 is 0. The summed E-state index contributed by atoms with van der Waals surface area (Å²) in [4.78, 5) is 37.5. The van der Waals surface area contributed by atoms with Gasteiger partial charge in [0.1, 0.15) is 19.8 Å². The van der Waals surface area contributed by atoms with Gasteiger partial charge in [0.2, 0.25) is 0 Å². The van der Waals surface area contributed by atoms with Gasteiger partial charge in [0, 0.05) is 12.8 Å². The van der Waals surface area contributed by atoms with Crippen LogP contribution >= 0.6 is 7.82 Å². The molecule has 0 spiro atoms. The van der Waals surface area contributed by atoms with Crippen LogP contribution in [0.1, 0.15) is 136 Å². The fraction of sp³-hybridized carbons (Fsp3) is 0.652. The fourth-order valence-corrected chi connectivity index (χ4v) is 5.82. The molecular weight excluding hydrogens is 741 g/mol. The Morgan fingerprint density at radius 2 is 1.25 bits per heavy atom. The zero-order valence-electron chi connectivity index (χ0n) is 36.1. The molecule has 0 aliphatic carbocycles. The van der Waals surface area contributed by atoms with Crippen LogP contribution in [-0.4, -0.2) is 81.2 Å². The van der Waals surface area contributed by atoms with Gasteiger partial charge in [0.25, 0.3) is 7.82 Å².